The van der Waals surface area contributed by atoms with Gasteiger partial charge in [-0.3, -0.25) is 0 Å². The summed E-state index contributed by atoms with van der Waals surface area (Å²) in [5.74, 6) is -0.250. The number of nitrogens with one attached hydrogen (secondary N) is 2. The van der Waals surface area contributed by atoms with Gasteiger partial charge in [0.05, 0.1) is 33.7 Å². The highest BCUT2D eigenvalue weighted by atomic mass is 16.5. The Morgan fingerprint density at radius 2 is 1.51 bits per heavy atom. The number of carboxylic acid groups (broad SMARTS) is 1. The summed E-state index contributed by atoms with van der Waals surface area (Å²) in [6.07, 6.45) is 18.8. The van der Waals surface area contributed by atoms with Gasteiger partial charge >= 0.3 is 5.97 Å². The average Bonchev–Trinajstić information content (AvgIpc) is 3.81. The lowest BCUT2D eigenvalue weighted by atomic mass is 10.1. The largest absolute Gasteiger partial charge is 0.487 e. The fraction of sp³-hybridized carbons (Fsp3) is 0.325. The van der Waals surface area contributed by atoms with Crippen molar-refractivity contribution in [1.82, 2.24) is 19.9 Å². The van der Waals surface area contributed by atoms with Crippen LogP contribution in [-0.2, 0) is 17.6 Å². The number of carbonyl (C=O) groups is 1. The first-order valence-corrected chi connectivity index (χ1v) is 17.0. The maximum Gasteiger partial charge on any atom is 0.335 e. The Balaban J connectivity index is 1.61. The van der Waals surface area contributed by atoms with Crippen LogP contribution in [0, 0.1) is 0 Å². The van der Waals surface area contributed by atoms with E-state index in [2.05, 4.69) is 80.1 Å². The number of nitrogens with zero attached hydrogens (tertiary/aromatic N) is 2. The quantitative estimate of drug-likeness (QED) is 0.196. The number of fused-ring (bicyclic) bond motifs is 10. The average molecular weight is 629 g/mol. The number of hydrogen-bond donors (Lipinski definition) is 3. The predicted octanol–water partition coefficient (Wildman–Crippen LogP) is 9.79. The number of aryl methyl sites for hydroxylation is 2. The number of allylic oxidation sites excluding steroid dienone is 5. The van der Waals surface area contributed by atoms with Crippen molar-refractivity contribution in [2.24, 2.45) is 0 Å². The molecule has 0 radical (unpaired) electrons. The second-order valence-corrected chi connectivity index (χ2v) is 12.4. The molecule has 47 heavy (non-hydrogen) atoms. The van der Waals surface area contributed by atoms with Crippen LogP contribution in [-0.4, -0.2) is 37.6 Å². The number of carboxylic acids is 1. The minimum atomic E-state index is -0.939. The number of rotatable bonds is 11. The van der Waals surface area contributed by atoms with Crippen LogP contribution in [0.2, 0.25) is 0 Å². The number of aromatic amines is 2. The smallest absolute Gasteiger partial charge is 0.335 e. The monoisotopic (exact) mass is 628 g/mol. The van der Waals surface area contributed by atoms with Crippen molar-refractivity contribution in [3.8, 4) is 5.75 Å². The summed E-state index contributed by atoms with van der Waals surface area (Å²) >= 11 is 0. The van der Waals surface area contributed by atoms with Gasteiger partial charge in [-0.1, -0.05) is 65.2 Å². The first kappa shape index (κ1) is 32.0. The Labute approximate surface area is 276 Å². The van der Waals surface area contributed by atoms with E-state index >= 15 is 0 Å². The van der Waals surface area contributed by atoms with E-state index in [1.54, 1.807) is 12.2 Å². The molecule has 3 aliphatic rings. The van der Waals surface area contributed by atoms with Crippen molar-refractivity contribution in [1.29, 1.82) is 0 Å². The van der Waals surface area contributed by atoms with Gasteiger partial charge in [-0.05, 0) is 102 Å². The van der Waals surface area contributed by atoms with E-state index in [1.165, 1.54) is 16.7 Å². The second-order valence-electron chi connectivity index (χ2n) is 12.4. The van der Waals surface area contributed by atoms with Gasteiger partial charge in [-0.15, -0.1) is 0 Å². The molecule has 0 saturated heterocycles. The summed E-state index contributed by atoms with van der Waals surface area (Å²) in [5.41, 5.74) is 13.8. The number of aromatic nitrogens is 4. The molecule has 7 nitrogen and oxygen atoms in total. The molecule has 7 heteroatoms. The zero-order chi connectivity index (χ0) is 32.9. The third-order valence-electron chi connectivity index (χ3n) is 8.84. The fourth-order valence-electron chi connectivity index (χ4n) is 6.40. The molecule has 0 atom stereocenters. The Hall–Kier alpha value is -4.91. The third-order valence-corrected chi connectivity index (χ3v) is 8.84. The maximum absolute atomic E-state index is 11.6. The molecule has 3 aromatic heterocycles. The van der Waals surface area contributed by atoms with Gasteiger partial charge in [0.2, 0.25) is 0 Å². The summed E-state index contributed by atoms with van der Waals surface area (Å²) in [6.45, 7) is 9.07. The highest BCUT2D eigenvalue weighted by molar-refractivity contribution is 5.92. The summed E-state index contributed by atoms with van der Waals surface area (Å²) in [7, 11) is 0. The topological polar surface area (TPSA) is 104 Å². The van der Waals surface area contributed by atoms with Gasteiger partial charge in [-0.2, -0.15) is 0 Å². The van der Waals surface area contributed by atoms with Crippen molar-refractivity contribution < 1.29 is 14.6 Å². The molecule has 0 spiro atoms. The zero-order valence-corrected chi connectivity index (χ0v) is 27.9. The molecule has 6 rings (SSSR count). The van der Waals surface area contributed by atoms with Gasteiger partial charge in [0, 0.05) is 17.1 Å². The molecule has 0 amide bonds. The minimum Gasteiger partial charge on any atom is -0.487 e. The van der Waals surface area contributed by atoms with E-state index in [0.717, 1.165) is 101 Å². The van der Waals surface area contributed by atoms with Crippen LogP contribution in [0.1, 0.15) is 100 Å². The molecule has 0 unspecified atom stereocenters. The van der Waals surface area contributed by atoms with Crippen molar-refractivity contribution >= 4 is 51.3 Å². The van der Waals surface area contributed by atoms with Crippen LogP contribution in [0.3, 0.4) is 0 Å². The van der Waals surface area contributed by atoms with Crippen molar-refractivity contribution in [2.45, 2.75) is 79.1 Å². The first-order chi connectivity index (χ1) is 22.9. The van der Waals surface area contributed by atoms with Gasteiger partial charge < -0.3 is 19.8 Å². The lowest BCUT2D eigenvalue weighted by Crippen LogP contribution is -2.03. The molecule has 3 N–H and O–H groups in total. The number of ether oxygens (including phenoxy) is 1. The molecule has 242 valence electrons. The molecule has 3 aromatic rings. The standard InChI is InChI=1S/C40H44N4O3/c1-5-10-28-20-35-34-19-26(8-4)33(43-34)23-38(47-24-25-13-9-14-27(16-15-25)40(45)46)39-30(12-7-3)22-37(44-39)36-21-29(11-6-2)32(42-36)18-17-31(28)41-35/h9,14-23,42-43H,5-8,10-13,24H2,1-4H3,(H,45,46). The van der Waals surface area contributed by atoms with Gasteiger partial charge in [0.25, 0.3) is 0 Å². The van der Waals surface area contributed by atoms with E-state index < -0.39 is 5.97 Å². The highest BCUT2D eigenvalue weighted by Gasteiger charge is 2.19. The van der Waals surface area contributed by atoms with E-state index in [1.807, 2.05) is 12.2 Å². The van der Waals surface area contributed by atoms with E-state index in [-0.39, 0.29) is 5.57 Å². The SMILES string of the molecule is CCCC1=Cc2nc1ccc1[nH]c(cc1CCC)c1nc(c(OCC3=CC=C(C(=O)O)C=CC3)cc3[nH]c2cc3CC)C(CCC)=C1. The van der Waals surface area contributed by atoms with Crippen LogP contribution in [0.15, 0.2) is 65.8 Å². The normalized spacial score (nSPS) is 14.3. The fourth-order valence-corrected chi connectivity index (χ4v) is 6.40. The molecular formula is C40H44N4O3. The molecule has 2 aliphatic heterocycles. The zero-order valence-electron chi connectivity index (χ0n) is 27.9. The van der Waals surface area contributed by atoms with Crippen LogP contribution in [0.5, 0.6) is 5.75 Å². The van der Waals surface area contributed by atoms with Crippen molar-refractivity contribution in [3.63, 3.8) is 0 Å². The lowest BCUT2D eigenvalue weighted by molar-refractivity contribution is -0.132. The number of aliphatic carboxylic acids is 1. The number of hydrogen-bond acceptors (Lipinski definition) is 4. The molecule has 0 saturated carbocycles. The third kappa shape index (κ3) is 6.94. The summed E-state index contributed by atoms with van der Waals surface area (Å²) in [5, 5.41) is 9.48. The highest BCUT2D eigenvalue weighted by Crippen LogP contribution is 2.36. The minimum absolute atomic E-state index is 0.261. The second kappa shape index (κ2) is 14.2. The van der Waals surface area contributed by atoms with Gasteiger partial charge in [0.15, 0.2) is 0 Å². The Bertz CT molecular complexity index is 2020. The molecule has 1 aliphatic carbocycles. The molecule has 0 fully saturated rings. The summed E-state index contributed by atoms with van der Waals surface area (Å²) in [4.78, 5) is 29.3. The van der Waals surface area contributed by atoms with Crippen molar-refractivity contribution in [3.05, 3.63) is 99.7 Å². The van der Waals surface area contributed by atoms with E-state index in [4.69, 9.17) is 14.7 Å². The Morgan fingerprint density at radius 1 is 0.809 bits per heavy atom. The molecular weight excluding hydrogens is 584 g/mol. The van der Waals surface area contributed by atoms with Gasteiger partial charge in [0.1, 0.15) is 18.1 Å². The van der Waals surface area contributed by atoms with E-state index in [0.29, 0.717) is 18.8 Å². The molecule has 5 heterocycles. The summed E-state index contributed by atoms with van der Waals surface area (Å²) in [6, 6.07) is 10.9. The predicted molar refractivity (Wildman–Crippen MR) is 193 cm³/mol. The Kier molecular flexibility index (Phi) is 9.71. The van der Waals surface area contributed by atoms with Crippen LogP contribution in [0.4, 0.5) is 0 Å². The van der Waals surface area contributed by atoms with E-state index in [9.17, 15) is 9.90 Å². The van der Waals surface area contributed by atoms with Crippen LogP contribution < -0.4 is 4.74 Å². The van der Waals surface area contributed by atoms with Crippen molar-refractivity contribution in [2.75, 3.05) is 6.61 Å². The Morgan fingerprint density at radius 3 is 2.26 bits per heavy atom. The van der Waals surface area contributed by atoms with Crippen LogP contribution >= 0.6 is 0 Å². The molecule has 0 aromatic carbocycles. The summed E-state index contributed by atoms with van der Waals surface area (Å²) < 4.78 is 6.67. The lowest BCUT2D eigenvalue weighted by Gasteiger charge is -2.11. The van der Waals surface area contributed by atoms with Gasteiger partial charge in [-0.25, -0.2) is 14.8 Å². The first-order valence-electron chi connectivity index (χ1n) is 17.0. The van der Waals surface area contributed by atoms with Crippen LogP contribution in [0.25, 0.3) is 45.4 Å². The number of H-pyrrole nitrogens is 2. The maximum atomic E-state index is 11.6. The molecule has 8 bridgehead atoms.